The Morgan fingerprint density at radius 3 is 2.67 bits per heavy atom. The first-order chi connectivity index (χ1) is 8.35. The maximum atomic E-state index is 12.3. The minimum atomic E-state index is -4.78. The molecular weight excluding hydrogens is 249 g/mol. The van der Waals surface area contributed by atoms with Gasteiger partial charge in [-0.1, -0.05) is 6.07 Å². The average molecular weight is 260 g/mol. The Kier molecular flexibility index (Phi) is 3.06. The third-order valence-corrected chi connectivity index (χ3v) is 2.68. The van der Waals surface area contributed by atoms with Gasteiger partial charge in [0.1, 0.15) is 5.75 Å². The summed E-state index contributed by atoms with van der Waals surface area (Å²) in [5.74, 6) is -0.853. The first-order valence-corrected chi connectivity index (χ1v) is 5.27. The van der Waals surface area contributed by atoms with Crippen LogP contribution in [-0.4, -0.2) is 18.8 Å². The third kappa shape index (κ3) is 2.85. The van der Waals surface area contributed by atoms with Crippen LogP contribution in [0.4, 0.5) is 18.9 Å². The lowest BCUT2D eigenvalue weighted by atomic mass is 9.97. The Balaban J connectivity index is 2.31. The number of rotatable bonds is 2. The van der Waals surface area contributed by atoms with Crippen molar-refractivity contribution in [1.82, 2.24) is 5.32 Å². The zero-order valence-corrected chi connectivity index (χ0v) is 9.25. The van der Waals surface area contributed by atoms with Crippen LogP contribution < -0.4 is 15.8 Å². The van der Waals surface area contributed by atoms with Gasteiger partial charge in [-0.25, -0.2) is 0 Å². The van der Waals surface area contributed by atoms with Crippen molar-refractivity contribution in [2.24, 2.45) is 0 Å². The number of hydrogen-bond donors (Lipinski definition) is 2. The van der Waals surface area contributed by atoms with Crippen LogP contribution in [0.15, 0.2) is 18.2 Å². The van der Waals surface area contributed by atoms with Crippen LogP contribution in [0.5, 0.6) is 5.75 Å². The van der Waals surface area contributed by atoms with Crippen molar-refractivity contribution in [3.63, 3.8) is 0 Å². The van der Waals surface area contributed by atoms with E-state index in [1.54, 1.807) is 0 Å². The molecule has 0 spiro atoms. The van der Waals surface area contributed by atoms with Crippen LogP contribution in [0.2, 0.25) is 0 Å². The van der Waals surface area contributed by atoms with Gasteiger partial charge >= 0.3 is 6.36 Å². The van der Waals surface area contributed by atoms with Gasteiger partial charge in [0.25, 0.3) is 0 Å². The molecule has 1 aromatic carbocycles. The first kappa shape index (κ1) is 12.5. The fraction of sp³-hybridized carbons (Fsp3) is 0.364. The standard InChI is InChI=1S/C11H11F3N2O2/c12-11(13,14)18-9-4-7(15)1-2-8(9)6-3-10(17)16-5-6/h1-2,4,6H,3,5,15H2,(H,16,17). The van der Waals surface area contributed by atoms with Crippen molar-refractivity contribution in [3.8, 4) is 5.75 Å². The SMILES string of the molecule is Nc1ccc(C2CNC(=O)C2)c(OC(F)(F)F)c1. The maximum Gasteiger partial charge on any atom is 0.573 e. The highest BCUT2D eigenvalue weighted by Crippen LogP contribution is 2.35. The number of halogens is 3. The molecule has 2 rings (SSSR count). The predicted molar refractivity (Wildman–Crippen MR) is 57.9 cm³/mol. The summed E-state index contributed by atoms with van der Waals surface area (Å²) < 4.78 is 40.8. The summed E-state index contributed by atoms with van der Waals surface area (Å²) in [5, 5.41) is 2.57. The van der Waals surface area contributed by atoms with Crippen molar-refractivity contribution in [2.75, 3.05) is 12.3 Å². The monoisotopic (exact) mass is 260 g/mol. The van der Waals surface area contributed by atoms with Crippen LogP contribution in [0.25, 0.3) is 0 Å². The molecular formula is C11H11F3N2O2. The van der Waals surface area contributed by atoms with E-state index in [4.69, 9.17) is 5.73 Å². The summed E-state index contributed by atoms with van der Waals surface area (Å²) >= 11 is 0. The summed E-state index contributed by atoms with van der Waals surface area (Å²) in [6.45, 7) is 0.303. The van der Waals surface area contributed by atoms with Crippen LogP contribution in [0.1, 0.15) is 17.9 Å². The molecule has 1 heterocycles. The molecule has 1 aliphatic heterocycles. The highest BCUT2D eigenvalue weighted by atomic mass is 19.4. The molecule has 1 aliphatic rings. The zero-order valence-electron chi connectivity index (χ0n) is 9.25. The highest BCUT2D eigenvalue weighted by molar-refractivity contribution is 5.79. The Bertz CT molecular complexity index is 474. The molecule has 0 bridgehead atoms. The molecule has 0 aromatic heterocycles. The van der Waals surface area contributed by atoms with Crippen molar-refractivity contribution in [1.29, 1.82) is 0 Å². The van der Waals surface area contributed by atoms with E-state index in [-0.39, 0.29) is 29.7 Å². The van der Waals surface area contributed by atoms with Gasteiger partial charge in [-0.2, -0.15) is 0 Å². The third-order valence-electron chi connectivity index (χ3n) is 2.68. The Morgan fingerprint density at radius 1 is 1.39 bits per heavy atom. The molecule has 0 saturated carbocycles. The molecule has 1 aromatic rings. The summed E-state index contributed by atoms with van der Waals surface area (Å²) in [6, 6.07) is 4.06. The second-order valence-corrected chi connectivity index (χ2v) is 4.05. The lowest BCUT2D eigenvalue weighted by molar-refractivity contribution is -0.274. The van der Waals surface area contributed by atoms with Crippen molar-refractivity contribution in [3.05, 3.63) is 23.8 Å². The molecule has 1 atom stereocenters. The molecule has 1 fully saturated rings. The lowest BCUT2D eigenvalue weighted by Gasteiger charge is -2.16. The Hall–Kier alpha value is -1.92. The maximum absolute atomic E-state index is 12.3. The number of nitrogens with two attached hydrogens (primary N) is 1. The van der Waals surface area contributed by atoms with Crippen LogP contribution in [0, 0.1) is 0 Å². The number of benzene rings is 1. The topological polar surface area (TPSA) is 64.3 Å². The largest absolute Gasteiger partial charge is 0.573 e. The highest BCUT2D eigenvalue weighted by Gasteiger charge is 2.34. The molecule has 98 valence electrons. The minimum absolute atomic E-state index is 0.151. The number of carbonyl (C=O) groups is 1. The number of nitrogens with one attached hydrogen (secondary N) is 1. The second kappa shape index (κ2) is 4.40. The van der Waals surface area contributed by atoms with Gasteiger partial charge < -0.3 is 15.8 Å². The lowest BCUT2D eigenvalue weighted by Crippen LogP contribution is -2.19. The van der Waals surface area contributed by atoms with Crippen molar-refractivity contribution >= 4 is 11.6 Å². The van der Waals surface area contributed by atoms with Crippen molar-refractivity contribution < 1.29 is 22.7 Å². The fourth-order valence-electron chi connectivity index (χ4n) is 1.93. The minimum Gasteiger partial charge on any atom is -0.405 e. The van der Waals surface area contributed by atoms with Crippen molar-refractivity contribution in [2.45, 2.75) is 18.7 Å². The normalized spacial score (nSPS) is 19.7. The van der Waals surface area contributed by atoms with E-state index in [1.165, 1.54) is 12.1 Å². The van der Waals surface area contributed by atoms with Gasteiger partial charge in [0.2, 0.25) is 5.91 Å². The molecule has 1 unspecified atom stereocenters. The average Bonchev–Trinajstić information content (AvgIpc) is 2.62. The number of hydrogen-bond acceptors (Lipinski definition) is 3. The number of amides is 1. The zero-order chi connectivity index (χ0) is 13.3. The van der Waals surface area contributed by atoms with Gasteiger partial charge in [0, 0.05) is 36.2 Å². The predicted octanol–water partition coefficient (Wildman–Crippen LogP) is 1.77. The van der Waals surface area contributed by atoms with E-state index in [0.717, 1.165) is 6.07 Å². The molecule has 1 amide bonds. The number of ether oxygens (including phenoxy) is 1. The van der Waals surface area contributed by atoms with E-state index in [9.17, 15) is 18.0 Å². The Morgan fingerprint density at radius 2 is 2.11 bits per heavy atom. The quantitative estimate of drug-likeness (QED) is 0.796. The molecule has 7 heteroatoms. The molecule has 3 N–H and O–H groups in total. The van der Waals surface area contributed by atoms with E-state index in [2.05, 4.69) is 10.1 Å². The van der Waals surface area contributed by atoms with Gasteiger partial charge in [0.15, 0.2) is 0 Å². The van der Waals surface area contributed by atoms with Crippen LogP contribution in [0.3, 0.4) is 0 Å². The summed E-state index contributed by atoms with van der Waals surface area (Å²) in [4.78, 5) is 11.1. The number of nitrogen functional groups attached to an aromatic ring is 1. The summed E-state index contributed by atoms with van der Waals surface area (Å²) in [5.41, 5.74) is 5.95. The van der Waals surface area contributed by atoms with Gasteiger partial charge in [-0.3, -0.25) is 4.79 Å². The molecule has 18 heavy (non-hydrogen) atoms. The van der Waals surface area contributed by atoms with E-state index in [1.807, 2.05) is 0 Å². The summed E-state index contributed by atoms with van der Waals surface area (Å²) in [7, 11) is 0. The summed E-state index contributed by atoms with van der Waals surface area (Å²) in [6.07, 6.45) is -4.63. The number of anilines is 1. The van der Waals surface area contributed by atoms with Gasteiger partial charge in [-0.15, -0.1) is 13.2 Å². The van der Waals surface area contributed by atoms with E-state index >= 15 is 0 Å². The molecule has 0 aliphatic carbocycles. The number of carbonyl (C=O) groups excluding carboxylic acids is 1. The first-order valence-electron chi connectivity index (χ1n) is 5.27. The smallest absolute Gasteiger partial charge is 0.405 e. The van der Waals surface area contributed by atoms with E-state index < -0.39 is 6.36 Å². The van der Waals surface area contributed by atoms with E-state index in [0.29, 0.717) is 12.1 Å². The van der Waals surface area contributed by atoms with Gasteiger partial charge in [-0.05, 0) is 6.07 Å². The fourth-order valence-corrected chi connectivity index (χ4v) is 1.93. The molecule has 1 saturated heterocycles. The molecule has 4 nitrogen and oxygen atoms in total. The number of alkyl halides is 3. The van der Waals surface area contributed by atoms with Crippen LogP contribution in [-0.2, 0) is 4.79 Å². The second-order valence-electron chi connectivity index (χ2n) is 4.05. The van der Waals surface area contributed by atoms with Gasteiger partial charge in [0.05, 0.1) is 0 Å². The Labute approximate surface area is 101 Å². The molecule has 0 radical (unpaired) electrons. The van der Waals surface area contributed by atoms with Crippen LogP contribution >= 0.6 is 0 Å².